The minimum absolute atomic E-state index is 0.0262. The molecule has 0 radical (unpaired) electrons. The lowest BCUT2D eigenvalue weighted by Crippen LogP contribution is -2.67. The largest absolute Gasteiger partial charge is 0.444 e. The lowest BCUT2D eigenvalue weighted by Gasteiger charge is -2.54. The number of piperidine rings is 1. The van der Waals surface area contributed by atoms with Crippen molar-refractivity contribution in [2.45, 2.75) is 102 Å². The quantitative estimate of drug-likeness (QED) is 0.689. The summed E-state index contributed by atoms with van der Waals surface area (Å²) >= 11 is 0. The van der Waals surface area contributed by atoms with E-state index in [-0.39, 0.29) is 42.3 Å². The first-order valence-corrected chi connectivity index (χ1v) is 12.9. The Bertz CT molecular complexity index is 716. The molecular formula is C24H41N5O3. The molecule has 3 heterocycles. The molecule has 7 atom stereocenters. The minimum atomic E-state index is -0.180. The molecule has 3 saturated heterocycles. The van der Waals surface area contributed by atoms with Crippen LogP contribution in [0.1, 0.15) is 65.7 Å². The Morgan fingerprint density at radius 1 is 0.969 bits per heavy atom. The number of ether oxygens (including phenoxy) is 1. The second kappa shape index (κ2) is 9.11. The Morgan fingerprint density at radius 3 is 2.50 bits per heavy atom. The van der Waals surface area contributed by atoms with Crippen LogP contribution in [-0.2, 0) is 9.53 Å². The third-order valence-electron chi connectivity index (χ3n) is 8.70. The van der Waals surface area contributed by atoms with E-state index in [9.17, 15) is 9.59 Å². The first-order chi connectivity index (χ1) is 15.4. The molecule has 5 fully saturated rings. The summed E-state index contributed by atoms with van der Waals surface area (Å²) in [5.74, 6) is 1.34. The van der Waals surface area contributed by atoms with Gasteiger partial charge in [0.2, 0.25) is 5.91 Å². The maximum Gasteiger partial charge on any atom is 0.410 e. The van der Waals surface area contributed by atoms with Crippen LogP contribution in [0.5, 0.6) is 0 Å². The summed E-state index contributed by atoms with van der Waals surface area (Å²) in [6, 6.07) is 1.12. The average Bonchev–Trinajstić information content (AvgIpc) is 3.50. The van der Waals surface area contributed by atoms with E-state index < -0.39 is 0 Å². The molecule has 8 heteroatoms. The van der Waals surface area contributed by atoms with Gasteiger partial charge in [-0.1, -0.05) is 0 Å². The third kappa shape index (κ3) is 4.38. The van der Waals surface area contributed by atoms with Crippen LogP contribution in [0, 0.1) is 11.8 Å². The number of hydrogen-bond donors (Lipinski definition) is 2. The smallest absolute Gasteiger partial charge is 0.410 e. The summed E-state index contributed by atoms with van der Waals surface area (Å²) in [5.41, 5.74) is 3.62. The second-order valence-corrected chi connectivity index (χ2v) is 10.9. The Kier molecular flexibility index (Phi) is 6.38. The number of nitrogens with one attached hydrogen (secondary N) is 2. The molecule has 0 bridgehead atoms. The summed E-state index contributed by atoms with van der Waals surface area (Å²) in [6.07, 6.45) is 7.42. The molecule has 0 aromatic carbocycles. The van der Waals surface area contributed by atoms with Gasteiger partial charge in [0.15, 0.2) is 0 Å². The first-order valence-electron chi connectivity index (χ1n) is 12.9. The molecule has 2 amide bonds. The van der Waals surface area contributed by atoms with Gasteiger partial charge in [-0.15, -0.1) is 0 Å². The minimum Gasteiger partial charge on any atom is -0.444 e. The van der Waals surface area contributed by atoms with Gasteiger partial charge in [-0.3, -0.25) is 10.2 Å². The van der Waals surface area contributed by atoms with Crippen LogP contribution in [0.4, 0.5) is 4.79 Å². The molecule has 8 nitrogen and oxygen atoms in total. The summed E-state index contributed by atoms with van der Waals surface area (Å²) in [4.78, 5) is 30.0. The van der Waals surface area contributed by atoms with E-state index in [0.29, 0.717) is 18.4 Å². The van der Waals surface area contributed by atoms with Crippen molar-refractivity contribution in [3.05, 3.63) is 0 Å². The molecule has 2 saturated carbocycles. The summed E-state index contributed by atoms with van der Waals surface area (Å²) in [5, 5.41) is 5.88. The molecule has 3 aliphatic heterocycles. The number of carbonyl (C=O) groups excluding carboxylic acids is 2. The lowest BCUT2D eigenvalue weighted by molar-refractivity contribution is -0.142. The lowest BCUT2D eigenvalue weighted by atomic mass is 9.73. The topological polar surface area (TPSA) is 77.2 Å². The zero-order valence-corrected chi connectivity index (χ0v) is 20.0. The Labute approximate surface area is 192 Å². The van der Waals surface area contributed by atoms with Gasteiger partial charge in [-0.25, -0.2) is 9.80 Å². The zero-order chi connectivity index (χ0) is 22.4. The average molecular weight is 448 g/mol. The SMILES string of the molecule is CC(=O)N1C2CCC(C3CNN(C4CC4)C3)CC2N(C(=O)OC2CCCNC2C)C[C@@H]1C. The molecule has 5 rings (SSSR count). The van der Waals surface area contributed by atoms with Crippen LogP contribution in [0.2, 0.25) is 0 Å². The predicted molar refractivity (Wildman–Crippen MR) is 122 cm³/mol. The monoisotopic (exact) mass is 447 g/mol. The van der Waals surface area contributed by atoms with Gasteiger partial charge in [-0.05, 0) is 77.2 Å². The van der Waals surface area contributed by atoms with E-state index in [1.54, 1.807) is 6.92 Å². The highest BCUT2D eigenvalue weighted by Gasteiger charge is 2.49. The first kappa shape index (κ1) is 22.4. The number of carbonyl (C=O) groups is 2. The highest BCUT2D eigenvalue weighted by Crippen LogP contribution is 2.41. The normalized spacial score (nSPS) is 40.8. The van der Waals surface area contributed by atoms with Crippen molar-refractivity contribution in [1.82, 2.24) is 25.6 Å². The van der Waals surface area contributed by atoms with Crippen molar-refractivity contribution in [3.63, 3.8) is 0 Å². The molecule has 6 unspecified atom stereocenters. The van der Waals surface area contributed by atoms with Gasteiger partial charge < -0.3 is 19.9 Å². The van der Waals surface area contributed by atoms with Crippen LogP contribution < -0.4 is 10.7 Å². The van der Waals surface area contributed by atoms with Crippen molar-refractivity contribution >= 4 is 12.0 Å². The molecule has 32 heavy (non-hydrogen) atoms. The van der Waals surface area contributed by atoms with Crippen molar-refractivity contribution in [1.29, 1.82) is 0 Å². The van der Waals surface area contributed by atoms with Crippen LogP contribution in [0.3, 0.4) is 0 Å². The summed E-state index contributed by atoms with van der Waals surface area (Å²) in [7, 11) is 0. The van der Waals surface area contributed by atoms with Crippen LogP contribution in [0.15, 0.2) is 0 Å². The van der Waals surface area contributed by atoms with Crippen LogP contribution >= 0.6 is 0 Å². The second-order valence-electron chi connectivity index (χ2n) is 10.9. The van der Waals surface area contributed by atoms with E-state index in [0.717, 1.165) is 57.8 Å². The van der Waals surface area contributed by atoms with Gasteiger partial charge in [0, 0.05) is 44.7 Å². The molecule has 0 aromatic heterocycles. The third-order valence-corrected chi connectivity index (χ3v) is 8.70. The van der Waals surface area contributed by atoms with Gasteiger partial charge >= 0.3 is 6.09 Å². The van der Waals surface area contributed by atoms with E-state index in [1.165, 1.54) is 12.8 Å². The highest BCUT2D eigenvalue weighted by atomic mass is 16.6. The van der Waals surface area contributed by atoms with Gasteiger partial charge in [0.05, 0.1) is 12.1 Å². The highest BCUT2D eigenvalue weighted by molar-refractivity contribution is 5.75. The molecule has 0 aromatic rings. The van der Waals surface area contributed by atoms with Crippen molar-refractivity contribution in [3.8, 4) is 0 Å². The van der Waals surface area contributed by atoms with E-state index in [1.807, 2.05) is 4.90 Å². The molecule has 2 aliphatic carbocycles. The number of piperazine rings is 1. The van der Waals surface area contributed by atoms with Crippen LogP contribution in [-0.4, -0.2) is 89.3 Å². The zero-order valence-electron chi connectivity index (χ0n) is 20.0. The standard InChI is InChI=1S/C24H41N5O3/c1-15-13-27(24(31)32-23-5-4-10-25-16(23)2)22-11-18(6-9-21(22)29(15)17(3)30)19-12-26-28(14-19)20-7-8-20/h15-16,18-23,25-26H,4-14H2,1-3H3/t15-,16?,18?,19?,21?,22?,23?/m0/s1. The number of fused-ring (bicyclic) bond motifs is 1. The van der Waals surface area contributed by atoms with Crippen molar-refractivity contribution in [2.75, 3.05) is 26.2 Å². The van der Waals surface area contributed by atoms with Gasteiger partial charge in [-0.2, -0.15) is 0 Å². The van der Waals surface area contributed by atoms with Crippen LogP contribution in [0.25, 0.3) is 0 Å². The van der Waals surface area contributed by atoms with E-state index in [4.69, 9.17) is 4.74 Å². The van der Waals surface area contributed by atoms with E-state index >= 15 is 0 Å². The molecule has 5 aliphatic rings. The number of hydrogen-bond acceptors (Lipinski definition) is 6. The Hall–Kier alpha value is -1.38. The number of hydrazine groups is 1. The van der Waals surface area contributed by atoms with Gasteiger partial charge in [0.1, 0.15) is 6.10 Å². The number of nitrogens with zero attached hydrogens (tertiary/aromatic N) is 3. The predicted octanol–water partition coefficient (Wildman–Crippen LogP) is 1.95. The Balaban J connectivity index is 1.30. The fourth-order valence-corrected chi connectivity index (χ4v) is 6.81. The molecule has 2 N–H and O–H groups in total. The Morgan fingerprint density at radius 2 is 1.78 bits per heavy atom. The van der Waals surface area contributed by atoms with Crippen molar-refractivity contribution in [2.24, 2.45) is 11.8 Å². The summed E-state index contributed by atoms with van der Waals surface area (Å²) in [6.45, 7) is 9.57. The summed E-state index contributed by atoms with van der Waals surface area (Å²) < 4.78 is 6.05. The molecule has 0 spiro atoms. The maximum absolute atomic E-state index is 13.4. The van der Waals surface area contributed by atoms with Gasteiger partial charge in [0.25, 0.3) is 0 Å². The van der Waals surface area contributed by atoms with Crippen molar-refractivity contribution < 1.29 is 14.3 Å². The fraction of sp³-hybridized carbons (Fsp3) is 0.917. The fourth-order valence-electron chi connectivity index (χ4n) is 6.81. The molecule has 180 valence electrons. The number of rotatable bonds is 3. The molecular weight excluding hydrogens is 406 g/mol. The maximum atomic E-state index is 13.4. The van der Waals surface area contributed by atoms with E-state index in [2.05, 4.69) is 34.5 Å². The number of amides is 2.